The summed E-state index contributed by atoms with van der Waals surface area (Å²) in [5.41, 5.74) is 8.93. The Bertz CT molecular complexity index is 384. The lowest BCUT2D eigenvalue weighted by molar-refractivity contribution is -0.119. The molecule has 1 aromatic rings. The fourth-order valence-corrected chi connectivity index (χ4v) is 1.08. The number of nitrogens with zero attached hydrogens (tertiary/aromatic N) is 3. The second kappa shape index (κ2) is 5.90. The van der Waals surface area contributed by atoms with Crippen LogP contribution in [0.4, 0.5) is 0 Å². The SMILES string of the molecule is [N-]=[N+]=NCC(=O)NCc1ccc(Cl)cc1. The van der Waals surface area contributed by atoms with E-state index in [-0.39, 0.29) is 12.5 Å². The van der Waals surface area contributed by atoms with Crippen molar-refractivity contribution in [1.82, 2.24) is 5.32 Å². The van der Waals surface area contributed by atoms with E-state index in [0.29, 0.717) is 11.6 Å². The largest absolute Gasteiger partial charge is 0.352 e. The molecule has 0 bridgehead atoms. The Morgan fingerprint density at radius 3 is 2.73 bits per heavy atom. The van der Waals surface area contributed by atoms with Crippen molar-refractivity contribution in [3.05, 3.63) is 45.3 Å². The van der Waals surface area contributed by atoms with Gasteiger partial charge in [0.2, 0.25) is 5.91 Å². The highest BCUT2D eigenvalue weighted by Crippen LogP contribution is 2.08. The topological polar surface area (TPSA) is 77.9 Å². The summed E-state index contributed by atoms with van der Waals surface area (Å²) < 4.78 is 0. The molecular weight excluding hydrogens is 216 g/mol. The first-order valence-electron chi connectivity index (χ1n) is 4.24. The molecule has 78 valence electrons. The van der Waals surface area contributed by atoms with E-state index in [2.05, 4.69) is 15.3 Å². The number of hydrogen-bond donors (Lipinski definition) is 1. The molecule has 0 unspecified atom stereocenters. The fraction of sp³-hybridized carbons (Fsp3) is 0.222. The van der Waals surface area contributed by atoms with Gasteiger partial charge in [-0.15, -0.1) is 0 Å². The molecule has 0 aliphatic rings. The fourth-order valence-electron chi connectivity index (χ4n) is 0.955. The number of carbonyl (C=O) groups excluding carboxylic acids is 1. The Balaban J connectivity index is 2.40. The maximum Gasteiger partial charge on any atom is 0.226 e. The molecular formula is C9H9ClN4O. The van der Waals surface area contributed by atoms with E-state index in [4.69, 9.17) is 17.1 Å². The summed E-state index contributed by atoms with van der Waals surface area (Å²) in [7, 11) is 0. The van der Waals surface area contributed by atoms with Crippen LogP contribution >= 0.6 is 11.6 Å². The average molecular weight is 225 g/mol. The van der Waals surface area contributed by atoms with Crippen molar-refractivity contribution in [2.45, 2.75) is 6.54 Å². The van der Waals surface area contributed by atoms with Crippen LogP contribution in [0.15, 0.2) is 29.4 Å². The normalized spacial score (nSPS) is 9.13. The highest BCUT2D eigenvalue weighted by Gasteiger charge is 1.98. The van der Waals surface area contributed by atoms with Crippen molar-refractivity contribution in [2.24, 2.45) is 5.11 Å². The molecule has 1 amide bonds. The zero-order valence-electron chi connectivity index (χ0n) is 7.85. The van der Waals surface area contributed by atoms with Crippen molar-refractivity contribution in [3.8, 4) is 0 Å². The minimum Gasteiger partial charge on any atom is -0.352 e. The first-order valence-corrected chi connectivity index (χ1v) is 4.62. The van der Waals surface area contributed by atoms with Gasteiger partial charge in [-0.1, -0.05) is 28.8 Å². The number of rotatable bonds is 4. The minimum atomic E-state index is -0.303. The molecule has 0 saturated heterocycles. The van der Waals surface area contributed by atoms with Gasteiger partial charge in [-0.2, -0.15) is 0 Å². The number of carbonyl (C=O) groups is 1. The van der Waals surface area contributed by atoms with Gasteiger partial charge in [0, 0.05) is 16.5 Å². The zero-order valence-corrected chi connectivity index (χ0v) is 8.61. The maximum absolute atomic E-state index is 11.0. The van der Waals surface area contributed by atoms with E-state index >= 15 is 0 Å². The molecule has 0 fully saturated rings. The first kappa shape index (κ1) is 11.4. The van der Waals surface area contributed by atoms with Gasteiger partial charge in [-0.25, -0.2) is 0 Å². The summed E-state index contributed by atoms with van der Waals surface area (Å²) in [6, 6.07) is 7.12. The number of amides is 1. The van der Waals surface area contributed by atoms with Crippen molar-refractivity contribution in [1.29, 1.82) is 0 Å². The average Bonchev–Trinajstić information content (AvgIpc) is 2.25. The molecule has 15 heavy (non-hydrogen) atoms. The quantitative estimate of drug-likeness (QED) is 0.475. The maximum atomic E-state index is 11.0. The highest BCUT2D eigenvalue weighted by atomic mass is 35.5. The van der Waals surface area contributed by atoms with Crippen molar-refractivity contribution < 1.29 is 4.79 Å². The standard InChI is InChI=1S/C9H9ClN4O/c10-8-3-1-7(2-4-8)5-12-9(15)6-13-14-11/h1-4H,5-6H2,(H,12,15). The second-order valence-corrected chi connectivity index (χ2v) is 3.23. The van der Waals surface area contributed by atoms with Crippen LogP contribution in [0.2, 0.25) is 5.02 Å². The van der Waals surface area contributed by atoms with Crippen LogP contribution in [0.25, 0.3) is 10.4 Å². The summed E-state index contributed by atoms with van der Waals surface area (Å²) in [5, 5.41) is 6.40. The minimum absolute atomic E-state index is 0.176. The summed E-state index contributed by atoms with van der Waals surface area (Å²) in [6.07, 6.45) is 0. The number of nitrogens with one attached hydrogen (secondary N) is 1. The Kier molecular flexibility index (Phi) is 4.47. The van der Waals surface area contributed by atoms with Gasteiger partial charge < -0.3 is 5.32 Å². The molecule has 0 aliphatic carbocycles. The molecule has 0 radical (unpaired) electrons. The Morgan fingerprint density at radius 2 is 2.13 bits per heavy atom. The molecule has 5 nitrogen and oxygen atoms in total. The van der Waals surface area contributed by atoms with E-state index in [0.717, 1.165) is 5.56 Å². The number of azide groups is 1. The molecule has 1 rings (SSSR count). The smallest absolute Gasteiger partial charge is 0.226 e. The Labute approximate surface area is 91.7 Å². The van der Waals surface area contributed by atoms with Crippen LogP contribution in [-0.4, -0.2) is 12.5 Å². The van der Waals surface area contributed by atoms with Crippen molar-refractivity contribution in [2.75, 3.05) is 6.54 Å². The van der Waals surface area contributed by atoms with Crippen molar-refractivity contribution in [3.63, 3.8) is 0 Å². The van der Waals surface area contributed by atoms with Gasteiger partial charge in [0.05, 0.1) is 0 Å². The van der Waals surface area contributed by atoms with E-state index in [1.807, 2.05) is 12.1 Å². The van der Waals surface area contributed by atoms with Crippen molar-refractivity contribution >= 4 is 17.5 Å². The predicted octanol–water partition coefficient (Wildman–Crippen LogP) is 2.27. The van der Waals surface area contributed by atoms with Gasteiger partial charge in [-0.3, -0.25) is 4.79 Å². The Morgan fingerprint density at radius 1 is 1.47 bits per heavy atom. The first-order chi connectivity index (χ1) is 7.22. The molecule has 1 N–H and O–H groups in total. The third-order valence-corrected chi connectivity index (χ3v) is 1.93. The van der Waals surface area contributed by atoms with Gasteiger partial charge in [0.15, 0.2) is 0 Å². The van der Waals surface area contributed by atoms with E-state index in [1.165, 1.54) is 0 Å². The van der Waals surface area contributed by atoms with Gasteiger partial charge in [0.25, 0.3) is 0 Å². The van der Waals surface area contributed by atoms with Gasteiger partial charge >= 0.3 is 0 Å². The third-order valence-electron chi connectivity index (χ3n) is 1.68. The lowest BCUT2D eigenvalue weighted by Crippen LogP contribution is -2.24. The molecule has 0 spiro atoms. The van der Waals surface area contributed by atoms with Crippen LogP contribution in [0.5, 0.6) is 0 Å². The zero-order chi connectivity index (χ0) is 11.1. The summed E-state index contributed by atoms with van der Waals surface area (Å²) in [5.74, 6) is -0.303. The summed E-state index contributed by atoms with van der Waals surface area (Å²) in [4.78, 5) is 13.5. The monoisotopic (exact) mass is 224 g/mol. The molecule has 0 aromatic heterocycles. The van der Waals surface area contributed by atoms with Crippen LogP contribution < -0.4 is 5.32 Å². The van der Waals surface area contributed by atoms with E-state index in [9.17, 15) is 4.79 Å². The molecule has 0 aliphatic heterocycles. The number of halogens is 1. The molecule has 1 aromatic carbocycles. The van der Waals surface area contributed by atoms with Gasteiger partial charge in [0.1, 0.15) is 6.54 Å². The van der Waals surface area contributed by atoms with Crippen LogP contribution in [-0.2, 0) is 11.3 Å². The lowest BCUT2D eigenvalue weighted by Gasteiger charge is -2.02. The summed E-state index contributed by atoms with van der Waals surface area (Å²) in [6.45, 7) is 0.223. The second-order valence-electron chi connectivity index (χ2n) is 2.79. The number of hydrogen-bond acceptors (Lipinski definition) is 2. The molecule has 6 heteroatoms. The number of benzene rings is 1. The Hall–Kier alpha value is -1.71. The predicted molar refractivity (Wildman–Crippen MR) is 57.3 cm³/mol. The molecule has 0 atom stereocenters. The highest BCUT2D eigenvalue weighted by molar-refractivity contribution is 6.30. The molecule has 0 heterocycles. The van der Waals surface area contributed by atoms with E-state index in [1.54, 1.807) is 12.1 Å². The van der Waals surface area contributed by atoms with Crippen LogP contribution in [0, 0.1) is 0 Å². The van der Waals surface area contributed by atoms with E-state index < -0.39 is 0 Å². The lowest BCUT2D eigenvalue weighted by atomic mass is 10.2. The van der Waals surface area contributed by atoms with Crippen LogP contribution in [0.1, 0.15) is 5.56 Å². The van der Waals surface area contributed by atoms with Crippen LogP contribution in [0.3, 0.4) is 0 Å². The third kappa shape index (κ3) is 4.35. The summed E-state index contributed by atoms with van der Waals surface area (Å²) >= 11 is 5.70. The van der Waals surface area contributed by atoms with Gasteiger partial charge in [-0.05, 0) is 23.2 Å². The molecule has 0 saturated carbocycles.